The third kappa shape index (κ3) is 51.3. The van der Waals surface area contributed by atoms with E-state index in [2.05, 4.69) is 153 Å². The van der Waals surface area contributed by atoms with E-state index >= 15 is 0 Å². The maximum atomic E-state index is 12.4. The fraction of sp³-hybridized carbons (Fsp3) is 0.597. The Kier molecular flexibility index (Phi) is 52.5. The first-order valence-electron chi connectivity index (χ1n) is 27.0. The molecule has 0 heterocycles. The summed E-state index contributed by atoms with van der Waals surface area (Å²) in [6.45, 7) is 4.13. The highest BCUT2D eigenvalue weighted by atomic mass is 16.3. The van der Waals surface area contributed by atoms with Crippen molar-refractivity contribution in [3.05, 3.63) is 146 Å². The van der Waals surface area contributed by atoms with Gasteiger partial charge in [-0.15, -0.1) is 0 Å². The van der Waals surface area contributed by atoms with E-state index in [0.29, 0.717) is 6.42 Å². The maximum Gasteiger partial charge on any atom is 0.220 e. The molecular formula is C62H101NO3. The van der Waals surface area contributed by atoms with Crippen molar-refractivity contribution < 1.29 is 15.0 Å². The van der Waals surface area contributed by atoms with E-state index in [1.54, 1.807) is 6.08 Å². The number of carbonyl (C=O) groups excluding carboxylic acids is 1. The summed E-state index contributed by atoms with van der Waals surface area (Å²) in [6, 6.07) is -0.654. The SMILES string of the molecule is CC/C=C\C/C=C\C/C=C\C/C=C\C/C=C\C/C=C\C/C=C\C/C=C\C/C=C\CCCCCCCCCCCCCCCC(=O)NC(CO)C(O)/C=C/CC/C=C/CC/C=C/CCCCC. The van der Waals surface area contributed by atoms with E-state index in [9.17, 15) is 15.0 Å². The summed E-state index contributed by atoms with van der Waals surface area (Å²) in [5.74, 6) is -0.0866. The first kappa shape index (κ1) is 62.3. The third-order valence-corrected chi connectivity index (χ3v) is 11.3. The minimum atomic E-state index is -0.878. The molecule has 0 aromatic rings. The minimum absolute atomic E-state index is 0.0866. The molecule has 0 rings (SSSR count). The molecule has 0 aliphatic rings. The molecule has 0 bridgehead atoms. The number of unbranched alkanes of at least 4 members (excludes halogenated alkanes) is 18. The van der Waals surface area contributed by atoms with Gasteiger partial charge in [-0.3, -0.25) is 4.79 Å². The zero-order chi connectivity index (χ0) is 47.7. The Morgan fingerprint density at radius 2 is 0.682 bits per heavy atom. The molecule has 0 aliphatic heterocycles. The van der Waals surface area contributed by atoms with E-state index in [-0.39, 0.29) is 12.5 Å². The van der Waals surface area contributed by atoms with Crippen LogP contribution < -0.4 is 5.32 Å². The number of hydrogen-bond acceptors (Lipinski definition) is 3. The van der Waals surface area contributed by atoms with Crippen molar-refractivity contribution in [1.29, 1.82) is 0 Å². The molecule has 2 unspecified atom stereocenters. The van der Waals surface area contributed by atoms with Crippen LogP contribution in [0.15, 0.2) is 146 Å². The number of carbonyl (C=O) groups is 1. The monoisotopic (exact) mass is 908 g/mol. The molecule has 3 N–H and O–H groups in total. The van der Waals surface area contributed by atoms with Gasteiger partial charge in [0.1, 0.15) is 0 Å². The summed E-state index contributed by atoms with van der Waals surface area (Å²) in [4.78, 5) is 12.4. The Labute approximate surface area is 408 Å². The van der Waals surface area contributed by atoms with Crippen molar-refractivity contribution >= 4 is 5.91 Å². The largest absolute Gasteiger partial charge is 0.394 e. The minimum Gasteiger partial charge on any atom is -0.394 e. The summed E-state index contributed by atoms with van der Waals surface area (Å²) in [5.41, 5.74) is 0. The van der Waals surface area contributed by atoms with E-state index in [0.717, 1.165) is 96.3 Å². The highest BCUT2D eigenvalue weighted by Gasteiger charge is 2.17. The van der Waals surface area contributed by atoms with Crippen LogP contribution >= 0.6 is 0 Å². The molecule has 1 amide bonds. The summed E-state index contributed by atoms with van der Waals surface area (Å²) < 4.78 is 0. The molecule has 4 heteroatoms. The van der Waals surface area contributed by atoms with Crippen LogP contribution in [0.1, 0.15) is 219 Å². The number of amides is 1. The van der Waals surface area contributed by atoms with Crippen LogP contribution in [0.4, 0.5) is 0 Å². The molecule has 0 aromatic carbocycles. The van der Waals surface area contributed by atoms with E-state index in [1.165, 1.54) is 103 Å². The lowest BCUT2D eigenvalue weighted by atomic mass is 10.0. The lowest BCUT2D eigenvalue weighted by molar-refractivity contribution is -0.123. The predicted octanol–water partition coefficient (Wildman–Crippen LogP) is 18.0. The number of rotatable bonds is 47. The molecule has 0 saturated heterocycles. The molecule has 0 aliphatic carbocycles. The third-order valence-electron chi connectivity index (χ3n) is 11.3. The fourth-order valence-electron chi connectivity index (χ4n) is 7.20. The Morgan fingerprint density at radius 3 is 1.06 bits per heavy atom. The van der Waals surface area contributed by atoms with Gasteiger partial charge in [0.2, 0.25) is 5.91 Å². The normalized spacial score (nSPS) is 14.1. The second-order valence-electron chi connectivity index (χ2n) is 17.5. The molecular weight excluding hydrogens is 807 g/mol. The van der Waals surface area contributed by atoms with Crippen LogP contribution in [0.5, 0.6) is 0 Å². The quantitative estimate of drug-likeness (QED) is 0.0421. The Morgan fingerprint density at radius 1 is 0.379 bits per heavy atom. The van der Waals surface area contributed by atoms with Crippen molar-refractivity contribution in [1.82, 2.24) is 5.32 Å². The van der Waals surface area contributed by atoms with E-state index in [1.807, 2.05) is 6.08 Å². The number of aliphatic hydroxyl groups is 2. The standard InChI is InChI=1S/C62H101NO3/c1-3-5-7-9-11-13-15-17-18-19-20-21-22-23-24-25-26-27-28-29-30-31-32-33-34-35-36-37-38-39-40-41-42-43-44-46-48-50-52-54-56-58-62(66)63-60(59-64)61(65)57-55-53-51-49-47-45-16-14-12-10-8-6-4-2/h5,7,11-14,17-18,20-21,23-24,26-27,29-30,32-33,35-36,47,49,55,57,60-61,64-65H,3-4,6,8-10,15-16,19,22,25,28,31,34,37-46,48,50-54,56,58-59H2,1-2H3,(H,63,66)/b7-5-,13-11-,14-12+,18-17-,21-20-,24-23-,27-26-,30-29-,33-32-,36-35-,49-47+,57-55+. The molecule has 2 atom stereocenters. The Hall–Kier alpha value is -3.73. The van der Waals surface area contributed by atoms with E-state index < -0.39 is 12.1 Å². The van der Waals surface area contributed by atoms with Crippen LogP contribution in [0.2, 0.25) is 0 Å². The smallest absolute Gasteiger partial charge is 0.220 e. The molecule has 0 spiro atoms. The molecule has 0 aromatic heterocycles. The Balaban J connectivity index is 3.60. The Bertz CT molecular complexity index is 1400. The van der Waals surface area contributed by atoms with Gasteiger partial charge in [-0.25, -0.2) is 0 Å². The van der Waals surface area contributed by atoms with Gasteiger partial charge in [-0.1, -0.05) is 243 Å². The summed E-state index contributed by atoms with van der Waals surface area (Å²) >= 11 is 0. The van der Waals surface area contributed by atoms with E-state index in [4.69, 9.17) is 0 Å². The molecule has 66 heavy (non-hydrogen) atoms. The van der Waals surface area contributed by atoms with Crippen LogP contribution in [-0.2, 0) is 4.79 Å². The molecule has 0 saturated carbocycles. The van der Waals surface area contributed by atoms with Gasteiger partial charge in [-0.05, 0) is 116 Å². The average molecular weight is 908 g/mol. The van der Waals surface area contributed by atoms with Crippen LogP contribution in [0.25, 0.3) is 0 Å². The molecule has 4 nitrogen and oxygen atoms in total. The second kappa shape index (κ2) is 55.6. The number of aliphatic hydroxyl groups excluding tert-OH is 2. The van der Waals surface area contributed by atoms with Gasteiger partial charge in [0.25, 0.3) is 0 Å². The van der Waals surface area contributed by atoms with Crippen molar-refractivity contribution in [2.45, 2.75) is 231 Å². The van der Waals surface area contributed by atoms with Gasteiger partial charge in [0.15, 0.2) is 0 Å². The first-order chi connectivity index (χ1) is 32.7. The maximum absolute atomic E-state index is 12.4. The highest BCUT2D eigenvalue weighted by Crippen LogP contribution is 2.14. The lowest BCUT2D eigenvalue weighted by Crippen LogP contribution is -2.45. The molecule has 0 radical (unpaired) electrons. The number of allylic oxidation sites excluding steroid dienone is 23. The van der Waals surface area contributed by atoms with Crippen LogP contribution in [-0.4, -0.2) is 34.9 Å². The molecule has 372 valence electrons. The van der Waals surface area contributed by atoms with Gasteiger partial charge in [0, 0.05) is 6.42 Å². The van der Waals surface area contributed by atoms with Crippen molar-refractivity contribution in [2.75, 3.05) is 6.61 Å². The molecule has 0 fully saturated rings. The fourth-order valence-corrected chi connectivity index (χ4v) is 7.20. The predicted molar refractivity (Wildman–Crippen MR) is 294 cm³/mol. The van der Waals surface area contributed by atoms with Gasteiger partial charge in [-0.2, -0.15) is 0 Å². The van der Waals surface area contributed by atoms with Crippen molar-refractivity contribution in [3.8, 4) is 0 Å². The van der Waals surface area contributed by atoms with Gasteiger partial charge < -0.3 is 15.5 Å². The van der Waals surface area contributed by atoms with Gasteiger partial charge >= 0.3 is 0 Å². The zero-order valence-electron chi connectivity index (χ0n) is 42.6. The summed E-state index contributed by atoms with van der Waals surface area (Å²) in [6.07, 6.45) is 88.5. The summed E-state index contributed by atoms with van der Waals surface area (Å²) in [5, 5.41) is 23.0. The lowest BCUT2D eigenvalue weighted by Gasteiger charge is -2.19. The first-order valence-corrected chi connectivity index (χ1v) is 27.0. The topological polar surface area (TPSA) is 69.6 Å². The second-order valence-corrected chi connectivity index (χ2v) is 17.5. The van der Waals surface area contributed by atoms with Crippen LogP contribution in [0, 0.1) is 0 Å². The zero-order valence-corrected chi connectivity index (χ0v) is 42.6. The summed E-state index contributed by atoms with van der Waals surface area (Å²) in [7, 11) is 0. The van der Waals surface area contributed by atoms with Crippen molar-refractivity contribution in [3.63, 3.8) is 0 Å². The number of hydrogen-bond donors (Lipinski definition) is 3. The van der Waals surface area contributed by atoms with Crippen molar-refractivity contribution in [2.24, 2.45) is 0 Å². The number of nitrogens with one attached hydrogen (secondary N) is 1. The van der Waals surface area contributed by atoms with Crippen LogP contribution in [0.3, 0.4) is 0 Å². The average Bonchev–Trinajstić information content (AvgIpc) is 3.32. The van der Waals surface area contributed by atoms with Gasteiger partial charge in [0.05, 0.1) is 18.8 Å². The highest BCUT2D eigenvalue weighted by molar-refractivity contribution is 5.76.